The fourth-order valence-corrected chi connectivity index (χ4v) is 2.10. The first kappa shape index (κ1) is 20.7. The highest BCUT2D eigenvalue weighted by Crippen LogP contribution is 2.22. The van der Waals surface area contributed by atoms with Crippen LogP contribution in [0.3, 0.4) is 0 Å². The third-order valence-electron chi connectivity index (χ3n) is 3.45. The molecule has 2 aromatic carbocycles. The van der Waals surface area contributed by atoms with Crippen molar-refractivity contribution >= 4 is 17.9 Å². The Hall–Kier alpha value is -3.62. The molecule has 0 radical (unpaired) electrons. The molecule has 2 N–H and O–H groups in total. The maximum absolute atomic E-state index is 12.1. The van der Waals surface area contributed by atoms with Gasteiger partial charge >= 0.3 is 6.61 Å². The summed E-state index contributed by atoms with van der Waals surface area (Å²) in [4.78, 5) is 24.0. The molecular formula is C19H18F2N2O5. The van der Waals surface area contributed by atoms with Crippen molar-refractivity contribution in [3.05, 3.63) is 59.7 Å². The molecule has 0 saturated heterocycles. The largest absolute Gasteiger partial charge is 0.497 e. The highest BCUT2D eigenvalue weighted by molar-refractivity contribution is 5.98. The van der Waals surface area contributed by atoms with Gasteiger partial charge in [0.25, 0.3) is 11.8 Å². The second-order valence-electron chi connectivity index (χ2n) is 5.33. The third kappa shape index (κ3) is 6.27. The van der Waals surface area contributed by atoms with Gasteiger partial charge in [-0.3, -0.25) is 20.4 Å². The first-order chi connectivity index (χ1) is 13.4. The molecule has 2 rings (SSSR count). The van der Waals surface area contributed by atoms with Crippen LogP contribution in [0.15, 0.2) is 48.5 Å². The van der Waals surface area contributed by atoms with E-state index in [0.29, 0.717) is 17.1 Å². The lowest BCUT2D eigenvalue weighted by molar-refractivity contribution is -0.117. The minimum atomic E-state index is -2.90. The SMILES string of the molecule is COc1cc(OC)cc(C(=O)NNC(=O)C=Cc2ccc(OC(F)F)cc2)c1. The second kappa shape index (κ2) is 9.91. The number of ether oxygens (including phenoxy) is 3. The molecule has 0 aliphatic carbocycles. The first-order valence-electron chi connectivity index (χ1n) is 7.97. The van der Waals surface area contributed by atoms with E-state index >= 15 is 0 Å². The van der Waals surface area contributed by atoms with Crippen LogP contribution in [0.4, 0.5) is 8.78 Å². The number of methoxy groups -OCH3 is 2. The van der Waals surface area contributed by atoms with E-state index < -0.39 is 18.4 Å². The summed E-state index contributed by atoms with van der Waals surface area (Å²) in [6.07, 6.45) is 2.62. The average Bonchev–Trinajstić information content (AvgIpc) is 2.70. The van der Waals surface area contributed by atoms with Crippen LogP contribution in [0.5, 0.6) is 17.2 Å². The highest BCUT2D eigenvalue weighted by Gasteiger charge is 2.10. The second-order valence-corrected chi connectivity index (χ2v) is 5.33. The molecule has 28 heavy (non-hydrogen) atoms. The summed E-state index contributed by atoms with van der Waals surface area (Å²) in [6.45, 7) is -2.90. The summed E-state index contributed by atoms with van der Waals surface area (Å²) in [5.41, 5.74) is 5.31. The Balaban J connectivity index is 1.91. The van der Waals surface area contributed by atoms with Crippen LogP contribution in [0, 0.1) is 0 Å². The number of alkyl halides is 2. The van der Waals surface area contributed by atoms with Crippen molar-refractivity contribution in [2.75, 3.05) is 14.2 Å². The zero-order valence-electron chi connectivity index (χ0n) is 15.1. The average molecular weight is 392 g/mol. The van der Waals surface area contributed by atoms with Gasteiger partial charge in [0.15, 0.2) is 0 Å². The van der Waals surface area contributed by atoms with Gasteiger partial charge in [-0.15, -0.1) is 0 Å². The fraction of sp³-hybridized carbons (Fsp3) is 0.158. The molecule has 9 heteroatoms. The van der Waals surface area contributed by atoms with Crippen LogP contribution in [0.25, 0.3) is 6.08 Å². The number of benzene rings is 2. The Kier molecular flexibility index (Phi) is 7.32. The van der Waals surface area contributed by atoms with E-state index in [1.807, 2.05) is 0 Å². The van der Waals surface area contributed by atoms with E-state index in [1.54, 1.807) is 6.07 Å². The summed E-state index contributed by atoms with van der Waals surface area (Å²) < 4.78 is 38.6. The molecule has 7 nitrogen and oxygen atoms in total. The van der Waals surface area contributed by atoms with Crippen molar-refractivity contribution in [1.82, 2.24) is 10.9 Å². The molecule has 148 valence electrons. The molecule has 2 amide bonds. The zero-order chi connectivity index (χ0) is 20.5. The van der Waals surface area contributed by atoms with Gasteiger partial charge in [0, 0.05) is 17.7 Å². The number of hydrazine groups is 1. The summed E-state index contributed by atoms with van der Waals surface area (Å²) in [5, 5.41) is 0. The molecular weight excluding hydrogens is 374 g/mol. The van der Waals surface area contributed by atoms with Gasteiger partial charge in [-0.2, -0.15) is 8.78 Å². The molecule has 0 spiro atoms. The van der Waals surface area contributed by atoms with Crippen LogP contribution in [0.1, 0.15) is 15.9 Å². The molecule has 0 atom stereocenters. The van der Waals surface area contributed by atoms with Crippen molar-refractivity contribution in [2.45, 2.75) is 6.61 Å². The molecule has 0 aromatic heterocycles. The molecule has 0 bridgehead atoms. The number of carbonyl (C=O) groups excluding carboxylic acids is 2. The van der Waals surface area contributed by atoms with Gasteiger partial charge < -0.3 is 14.2 Å². The van der Waals surface area contributed by atoms with Gasteiger partial charge in [-0.1, -0.05) is 12.1 Å². The van der Waals surface area contributed by atoms with Crippen molar-refractivity contribution in [3.8, 4) is 17.2 Å². The van der Waals surface area contributed by atoms with Gasteiger partial charge in [0.2, 0.25) is 0 Å². The lowest BCUT2D eigenvalue weighted by Crippen LogP contribution is -2.40. The highest BCUT2D eigenvalue weighted by atomic mass is 19.3. The normalized spacial score (nSPS) is 10.6. The zero-order valence-corrected chi connectivity index (χ0v) is 15.1. The molecule has 0 unspecified atom stereocenters. The lowest BCUT2D eigenvalue weighted by Gasteiger charge is -2.09. The van der Waals surface area contributed by atoms with Crippen LogP contribution in [0.2, 0.25) is 0 Å². The van der Waals surface area contributed by atoms with E-state index in [4.69, 9.17) is 9.47 Å². The van der Waals surface area contributed by atoms with E-state index in [0.717, 1.165) is 0 Å². The van der Waals surface area contributed by atoms with E-state index in [9.17, 15) is 18.4 Å². The summed E-state index contributed by atoms with van der Waals surface area (Å²) in [5.74, 6) is -0.286. The minimum absolute atomic E-state index is 0.0117. The predicted molar refractivity (Wildman–Crippen MR) is 97.3 cm³/mol. The smallest absolute Gasteiger partial charge is 0.387 e. The van der Waals surface area contributed by atoms with Gasteiger partial charge in [0.05, 0.1) is 14.2 Å². The van der Waals surface area contributed by atoms with Gasteiger partial charge in [-0.05, 0) is 35.9 Å². The number of nitrogens with one attached hydrogen (secondary N) is 2. The standard InChI is InChI=1S/C19H18F2N2O5/c1-26-15-9-13(10-16(11-15)27-2)18(25)23-22-17(24)8-5-12-3-6-14(7-4-12)28-19(20)21/h3-11,19H,1-2H3,(H,22,24)(H,23,25). The van der Waals surface area contributed by atoms with Crippen LogP contribution >= 0.6 is 0 Å². The van der Waals surface area contributed by atoms with E-state index in [-0.39, 0.29) is 11.3 Å². The Labute approximate surface area is 159 Å². The van der Waals surface area contributed by atoms with Crippen LogP contribution in [-0.4, -0.2) is 32.6 Å². The van der Waals surface area contributed by atoms with Gasteiger partial charge in [-0.25, -0.2) is 0 Å². The van der Waals surface area contributed by atoms with E-state index in [2.05, 4.69) is 15.6 Å². The predicted octanol–water partition coefficient (Wildman–Crippen LogP) is 2.78. The number of carbonyl (C=O) groups is 2. The van der Waals surface area contributed by atoms with Crippen molar-refractivity contribution in [1.29, 1.82) is 0 Å². The Bertz CT molecular complexity index is 832. The molecule has 0 heterocycles. The quantitative estimate of drug-likeness (QED) is 0.559. The van der Waals surface area contributed by atoms with Crippen molar-refractivity contribution in [3.63, 3.8) is 0 Å². The maximum atomic E-state index is 12.1. The molecule has 0 saturated carbocycles. The topological polar surface area (TPSA) is 85.9 Å². The summed E-state index contributed by atoms with van der Waals surface area (Å²) in [7, 11) is 2.91. The molecule has 0 aliphatic heterocycles. The molecule has 2 aromatic rings. The number of halogens is 2. The fourth-order valence-electron chi connectivity index (χ4n) is 2.10. The lowest BCUT2D eigenvalue weighted by atomic mass is 10.2. The van der Waals surface area contributed by atoms with Crippen molar-refractivity contribution in [2.24, 2.45) is 0 Å². The number of hydrogen-bond donors (Lipinski definition) is 2. The maximum Gasteiger partial charge on any atom is 0.387 e. The summed E-state index contributed by atoms with van der Waals surface area (Å²) >= 11 is 0. The monoisotopic (exact) mass is 392 g/mol. The number of amides is 2. The first-order valence-corrected chi connectivity index (χ1v) is 7.97. The van der Waals surface area contributed by atoms with Gasteiger partial charge in [0.1, 0.15) is 17.2 Å². The van der Waals surface area contributed by atoms with Crippen LogP contribution in [-0.2, 0) is 4.79 Å². The van der Waals surface area contributed by atoms with Crippen molar-refractivity contribution < 1.29 is 32.6 Å². The van der Waals surface area contributed by atoms with E-state index in [1.165, 1.54) is 62.8 Å². The Morgan fingerprint density at radius 1 is 0.929 bits per heavy atom. The molecule has 0 fully saturated rings. The minimum Gasteiger partial charge on any atom is -0.497 e. The summed E-state index contributed by atoms with van der Waals surface area (Å²) in [6, 6.07) is 10.3. The Morgan fingerprint density at radius 3 is 2.07 bits per heavy atom. The third-order valence-corrected chi connectivity index (χ3v) is 3.45. The van der Waals surface area contributed by atoms with Crippen LogP contribution < -0.4 is 25.1 Å². The Morgan fingerprint density at radius 2 is 1.54 bits per heavy atom. The molecule has 0 aliphatic rings. The number of rotatable bonds is 7. The number of hydrogen-bond acceptors (Lipinski definition) is 5.